The Bertz CT molecular complexity index is 985. The molecule has 0 fully saturated rings. The standard InChI is InChI=1S/C20H17F3N2O/c1-4-19(26)24(3)17-9-10-18-14(12-17)11-13(2)25(18)16-7-5-15(6-8-16)20(21,22)23/h4-12H,1H2,2-3H3. The first-order valence-electron chi connectivity index (χ1n) is 7.92. The Hall–Kier alpha value is -3.02. The summed E-state index contributed by atoms with van der Waals surface area (Å²) in [6, 6.07) is 12.5. The number of hydrogen-bond donors (Lipinski definition) is 0. The maximum atomic E-state index is 12.8. The van der Waals surface area contributed by atoms with Crippen LogP contribution in [0, 0.1) is 6.92 Å². The lowest BCUT2D eigenvalue weighted by atomic mass is 10.2. The molecule has 3 rings (SSSR count). The maximum Gasteiger partial charge on any atom is 0.416 e. The minimum absolute atomic E-state index is 0.219. The van der Waals surface area contributed by atoms with Crippen LogP contribution in [-0.4, -0.2) is 17.5 Å². The summed E-state index contributed by atoms with van der Waals surface area (Å²) in [5.74, 6) is -0.219. The molecule has 0 aliphatic heterocycles. The van der Waals surface area contributed by atoms with Crippen LogP contribution in [0.25, 0.3) is 16.6 Å². The Morgan fingerprint density at radius 1 is 1.12 bits per heavy atom. The molecule has 0 saturated carbocycles. The molecule has 3 nitrogen and oxygen atoms in total. The second-order valence-electron chi connectivity index (χ2n) is 6.01. The predicted octanol–water partition coefficient (Wildman–Crippen LogP) is 5.11. The maximum absolute atomic E-state index is 12.8. The van der Waals surface area contributed by atoms with Crippen LogP contribution in [0.5, 0.6) is 0 Å². The van der Waals surface area contributed by atoms with Gasteiger partial charge in [-0.05, 0) is 61.5 Å². The number of hydrogen-bond acceptors (Lipinski definition) is 1. The van der Waals surface area contributed by atoms with E-state index in [1.165, 1.54) is 23.1 Å². The summed E-state index contributed by atoms with van der Waals surface area (Å²) in [7, 11) is 1.66. The molecule has 0 bridgehead atoms. The van der Waals surface area contributed by atoms with Gasteiger partial charge in [0.15, 0.2) is 0 Å². The third-order valence-electron chi connectivity index (χ3n) is 4.31. The SMILES string of the molecule is C=CC(=O)N(C)c1ccc2c(c1)cc(C)n2-c1ccc(C(F)(F)F)cc1. The molecule has 0 aliphatic carbocycles. The average Bonchev–Trinajstić information content (AvgIpc) is 2.94. The molecular weight excluding hydrogens is 341 g/mol. The van der Waals surface area contributed by atoms with Crippen LogP contribution in [-0.2, 0) is 11.0 Å². The van der Waals surface area contributed by atoms with Crippen molar-refractivity contribution in [2.45, 2.75) is 13.1 Å². The number of benzene rings is 2. The highest BCUT2D eigenvalue weighted by molar-refractivity contribution is 6.02. The zero-order chi connectivity index (χ0) is 19.1. The summed E-state index contributed by atoms with van der Waals surface area (Å²) in [5, 5.41) is 0.892. The number of fused-ring (bicyclic) bond motifs is 1. The van der Waals surface area contributed by atoms with Gasteiger partial charge in [0.05, 0.1) is 11.1 Å². The fourth-order valence-corrected chi connectivity index (χ4v) is 2.96. The monoisotopic (exact) mass is 358 g/mol. The van der Waals surface area contributed by atoms with Gasteiger partial charge in [0.2, 0.25) is 5.91 Å². The van der Waals surface area contributed by atoms with Crippen molar-refractivity contribution in [1.29, 1.82) is 0 Å². The van der Waals surface area contributed by atoms with Crippen LogP contribution in [0.3, 0.4) is 0 Å². The number of anilines is 1. The molecule has 0 unspecified atom stereocenters. The fourth-order valence-electron chi connectivity index (χ4n) is 2.96. The average molecular weight is 358 g/mol. The van der Waals surface area contributed by atoms with E-state index >= 15 is 0 Å². The van der Waals surface area contributed by atoms with Gasteiger partial charge in [-0.3, -0.25) is 4.79 Å². The zero-order valence-corrected chi connectivity index (χ0v) is 14.3. The first-order valence-corrected chi connectivity index (χ1v) is 7.92. The lowest BCUT2D eigenvalue weighted by Gasteiger charge is -2.16. The van der Waals surface area contributed by atoms with Crippen molar-refractivity contribution in [2.24, 2.45) is 0 Å². The second-order valence-corrected chi connectivity index (χ2v) is 6.01. The third-order valence-corrected chi connectivity index (χ3v) is 4.31. The third kappa shape index (κ3) is 3.10. The van der Waals surface area contributed by atoms with Crippen LogP contribution in [0.4, 0.5) is 18.9 Å². The van der Waals surface area contributed by atoms with E-state index in [0.29, 0.717) is 11.4 Å². The van der Waals surface area contributed by atoms with E-state index in [4.69, 9.17) is 0 Å². The van der Waals surface area contributed by atoms with E-state index in [1.54, 1.807) is 13.1 Å². The van der Waals surface area contributed by atoms with Crippen molar-refractivity contribution >= 4 is 22.5 Å². The highest BCUT2D eigenvalue weighted by atomic mass is 19.4. The van der Waals surface area contributed by atoms with E-state index in [-0.39, 0.29) is 5.91 Å². The molecule has 2 aromatic carbocycles. The van der Waals surface area contributed by atoms with Crippen molar-refractivity contribution in [2.75, 3.05) is 11.9 Å². The van der Waals surface area contributed by atoms with E-state index in [1.807, 2.05) is 29.7 Å². The van der Waals surface area contributed by atoms with Crippen LogP contribution in [0.15, 0.2) is 61.2 Å². The molecule has 0 radical (unpaired) electrons. The summed E-state index contributed by atoms with van der Waals surface area (Å²) in [6.07, 6.45) is -3.12. The van der Waals surface area contributed by atoms with Gasteiger partial charge in [-0.2, -0.15) is 13.2 Å². The van der Waals surface area contributed by atoms with Gasteiger partial charge in [-0.25, -0.2) is 0 Å². The van der Waals surface area contributed by atoms with Gasteiger partial charge in [-0.1, -0.05) is 6.58 Å². The molecule has 0 saturated heterocycles. The van der Waals surface area contributed by atoms with Crippen molar-refractivity contribution in [3.8, 4) is 5.69 Å². The van der Waals surface area contributed by atoms with Crippen LogP contribution >= 0.6 is 0 Å². The number of carbonyl (C=O) groups is 1. The van der Waals surface area contributed by atoms with Crippen LogP contribution in [0.1, 0.15) is 11.3 Å². The fraction of sp³-hybridized carbons (Fsp3) is 0.150. The molecule has 1 amide bonds. The van der Waals surface area contributed by atoms with Crippen molar-refractivity contribution < 1.29 is 18.0 Å². The van der Waals surface area contributed by atoms with E-state index < -0.39 is 11.7 Å². The lowest BCUT2D eigenvalue weighted by molar-refractivity contribution is -0.137. The minimum Gasteiger partial charge on any atom is -0.314 e. The largest absolute Gasteiger partial charge is 0.416 e. The molecule has 6 heteroatoms. The van der Waals surface area contributed by atoms with Crippen molar-refractivity contribution in [1.82, 2.24) is 4.57 Å². The van der Waals surface area contributed by atoms with E-state index in [9.17, 15) is 18.0 Å². The molecule has 0 atom stereocenters. The van der Waals surface area contributed by atoms with E-state index in [2.05, 4.69) is 6.58 Å². The Morgan fingerprint density at radius 2 is 1.77 bits per heavy atom. The minimum atomic E-state index is -4.36. The summed E-state index contributed by atoms with van der Waals surface area (Å²) in [6.45, 7) is 5.36. The van der Waals surface area contributed by atoms with Gasteiger partial charge in [0.25, 0.3) is 0 Å². The van der Waals surface area contributed by atoms with Gasteiger partial charge < -0.3 is 9.47 Å². The quantitative estimate of drug-likeness (QED) is 0.598. The molecule has 134 valence electrons. The summed E-state index contributed by atoms with van der Waals surface area (Å²) in [4.78, 5) is 13.2. The predicted molar refractivity (Wildman–Crippen MR) is 96.6 cm³/mol. The summed E-state index contributed by atoms with van der Waals surface area (Å²) >= 11 is 0. The number of carbonyl (C=O) groups excluding carboxylic acids is 1. The Morgan fingerprint density at radius 3 is 2.35 bits per heavy atom. The number of rotatable bonds is 3. The van der Waals surface area contributed by atoms with Gasteiger partial charge in [-0.15, -0.1) is 0 Å². The molecule has 1 heterocycles. The number of amides is 1. The number of aryl methyl sites for hydroxylation is 1. The smallest absolute Gasteiger partial charge is 0.314 e. The highest BCUT2D eigenvalue weighted by Gasteiger charge is 2.30. The Kier molecular flexibility index (Phi) is 4.36. The van der Waals surface area contributed by atoms with Crippen molar-refractivity contribution in [3.05, 3.63) is 72.4 Å². The molecule has 0 spiro atoms. The van der Waals surface area contributed by atoms with Crippen LogP contribution < -0.4 is 4.90 Å². The Labute approximate surface area is 149 Å². The highest BCUT2D eigenvalue weighted by Crippen LogP contribution is 2.32. The number of halogens is 3. The summed E-state index contributed by atoms with van der Waals surface area (Å²) < 4.78 is 40.2. The second kappa shape index (κ2) is 6.37. The van der Waals surface area contributed by atoms with Gasteiger partial charge in [0, 0.05) is 29.5 Å². The number of aromatic nitrogens is 1. The molecular formula is C20H17F3N2O. The van der Waals surface area contributed by atoms with Gasteiger partial charge in [0.1, 0.15) is 0 Å². The number of likely N-dealkylation sites (N-methyl/N-ethyl adjacent to an activating group) is 1. The van der Waals surface area contributed by atoms with Crippen molar-refractivity contribution in [3.63, 3.8) is 0 Å². The first kappa shape index (κ1) is 17.8. The number of alkyl halides is 3. The molecule has 0 aliphatic rings. The van der Waals surface area contributed by atoms with Crippen LogP contribution in [0.2, 0.25) is 0 Å². The summed E-state index contributed by atoms with van der Waals surface area (Å²) in [5.41, 5.74) is 2.42. The molecule has 0 N–H and O–H groups in total. The van der Waals surface area contributed by atoms with E-state index in [0.717, 1.165) is 28.7 Å². The molecule has 26 heavy (non-hydrogen) atoms. The molecule has 3 aromatic rings. The zero-order valence-electron chi connectivity index (χ0n) is 14.3. The Balaban J connectivity index is 2.06. The molecule has 1 aromatic heterocycles. The lowest BCUT2D eigenvalue weighted by Crippen LogP contribution is -2.23. The topological polar surface area (TPSA) is 25.2 Å². The number of nitrogens with zero attached hydrogens (tertiary/aromatic N) is 2. The first-order chi connectivity index (χ1) is 12.2. The normalized spacial score (nSPS) is 11.6. The van der Waals surface area contributed by atoms with Gasteiger partial charge >= 0.3 is 6.18 Å².